The van der Waals surface area contributed by atoms with Crippen LogP contribution in [-0.4, -0.2) is 39.1 Å². The van der Waals surface area contributed by atoms with Gasteiger partial charge in [-0.25, -0.2) is 4.98 Å². The molecule has 23 heavy (non-hydrogen) atoms. The van der Waals surface area contributed by atoms with Gasteiger partial charge in [0, 0.05) is 17.5 Å². The molecule has 0 unspecified atom stereocenters. The van der Waals surface area contributed by atoms with Gasteiger partial charge in [0.15, 0.2) is 5.16 Å². The molecule has 1 N–H and O–H groups in total. The number of aryl methyl sites for hydroxylation is 2. The quantitative estimate of drug-likeness (QED) is 0.682. The largest absolute Gasteiger partial charge is 0.339 e. The van der Waals surface area contributed by atoms with Crippen molar-refractivity contribution in [1.29, 1.82) is 0 Å². The molecule has 0 radical (unpaired) electrons. The van der Waals surface area contributed by atoms with Crippen molar-refractivity contribution in [2.75, 3.05) is 12.3 Å². The number of carbonyl (C=O) groups excluding carboxylic acids is 1. The van der Waals surface area contributed by atoms with Crippen molar-refractivity contribution in [3.05, 3.63) is 20.8 Å². The lowest BCUT2D eigenvalue weighted by Gasteiger charge is -2.33. The number of carbonyl (C=O) groups is 1. The highest BCUT2D eigenvalue weighted by Gasteiger charge is 2.23. The van der Waals surface area contributed by atoms with Crippen LogP contribution in [0.15, 0.2) is 9.95 Å². The van der Waals surface area contributed by atoms with Crippen molar-refractivity contribution in [3.8, 4) is 0 Å². The molecule has 2 aromatic heterocycles. The van der Waals surface area contributed by atoms with Gasteiger partial charge in [-0.1, -0.05) is 11.8 Å². The third kappa shape index (κ3) is 3.30. The first kappa shape index (κ1) is 16.5. The van der Waals surface area contributed by atoms with Crippen LogP contribution in [0.5, 0.6) is 0 Å². The SMILES string of the molecule is Cc1sc2nc(SCC(=O)N3CCCC[C@@H]3C)[nH]c(=O)c2c1C. The summed E-state index contributed by atoms with van der Waals surface area (Å²) in [5, 5.41) is 1.20. The van der Waals surface area contributed by atoms with Crippen LogP contribution in [0.25, 0.3) is 10.2 Å². The minimum atomic E-state index is -0.113. The number of likely N-dealkylation sites (tertiary alicyclic amines) is 1. The molecule has 7 heteroatoms. The number of nitrogens with zero attached hydrogens (tertiary/aromatic N) is 2. The summed E-state index contributed by atoms with van der Waals surface area (Å²) in [5.74, 6) is 0.450. The standard InChI is InChI=1S/C16H21N3O2S2/c1-9-6-4-5-7-19(9)12(20)8-22-16-17-14(21)13-10(2)11(3)23-15(13)18-16/h9H,4-8H2,1-3H3,(H,17,18,21)/t9-/m0/s1. The van der Waals surface area contributed by atoms with Crippen molar-refractivity contribution >= 4 is 39.2 Å². The zero-order chi connectivity index (χ0) is 16.6. The van der Waals surface area contributed by atoms with Gasteiger partial charge < -0.3 is 9.88 Å². The van der Waals surface area contributed by atoms with Crippen molar-refractivity contribution in [1.82, 2.24) is 14.9 Å². The molecule has 1 saturated heterocycles. The molecule has 5 nitrogen and oxygen atoms in total. The highest BCUT2D eigenvalue weighted by molar-refractivity contribution is 7.99. The van der Waals surface area contributed by atoms with Crippen LogP contribution in [0, 0.1) is 13.8 Å². The van der Waals surface area contributed by atoms with Crippen molar-refractivity contribution < 1.29 is 4.79 Å². The first-order valence-corrected chi connectivity index (χ1v) is 9.70. The zero-order valence-corrected chi connectivity index (χ0v) is 15.3. The number of amides is 1. The average molecular weight is 351 g/mol. The number of thiophene rings is 1. The summed E-state index contributed by atoms with van der Waals surface area (Å²) >= 11 is 2.85. The van der Waals surface area contributed by atoms with Gasteiger partial charge in [0.05, 0.1) is 11.1 Å². The summed E-state index contributed by atoms with van der Waals surface area (Å²) in [6.07, 6.45) is 3.35. The van der Waals surface area contributed by atoms with Crippen LogP contribution in [-0.2, 0) is 4.79 Å². The van der Waals surface area contributed by atoms with Crippen LogP contribution >= 0.6 is 23.1 Å². The third-order valence-corrected chi connectivity index (χ3v) is 6.43. The number of thioether (sulfide) groups is 1. The van der Waals surface area contributed by atoms with Gasteiger partial charge >= 0.3 is 0 Å². The fourth-order valence-corrected chi connectivity index (χ4v) is 4.82. The van der Waals surface area contributed by atoms with E-state index in [2.05, 4.69) is 16.9 Å². The van der Waals surface area contributed by atoms with E-state index in [1.165, 1.54) is 29.5 Å². The molecular formula is C16H21N3O2S2. The van der Waals surface area contributed by atoms with E-state index in [0.717, 1.165) is 34.7 Å². The monoisotopic (exact) mass is 351 g/mol. The van der Waals surface area contributed by atoms with E-state index in [1.807, 2.05) is 18.7 Å². The summed E-state index contributed by atoms with van der Waals surface area (Å²) in [4.78, 5) is 35.7. The number of aromatic nitrogens is 2. The number of fused-ring (bicyclic) bond motifs is 1. The summed E-state index contributed by atoms with van der Waals surface area (Å²) in [6, 6.07) is 0.314. The number of hydrogen-bond donors (Lipinski definition) is 1. The zero-order valence-electron chi connectivity index (χ0n) is 13.6. The lowest BCUT2D eigenvalue weighted by atomic mass is 10.0. The summed E-state index contributed by atoms with van der Waals surface area (Å²) in [7, 11) is 0. The molecule has 0 aromatic carbocycles. The first-order valence-electron chi connectivity index (χ1n) is 7.89. The molecule has 1 fully saturated rings. The lowest BCUT2D eigenvalue weighted by molar-refractivity contribution is -0.131. The van der Waals surface area contributed by atoms with Crippen LogP contribution in [0.4, 0.5) is 0 Å². The number of piperidine rings is 1. The molecular weight excluding hydrogens is 330 g/mol. The highest BCUT2D eigenvalue weighted by Crippen LogP contribution is 2.27. The molecule has 1 aliphatic rings. The Morgan fingerprint density at radius 3 is 2.96 bits per heavy atom. The van der Waals surface area contributed by atoms with E-state index >= 15 is 0 Å². The van der Waals surface area contributed by atoms with Crippen LogP contribution < -0.4 is 5.56 Å². The number of aromatic amines is 1. The molecule has 0 aliphatic carbocycles. The van der Waals surface area contributed by atoms with Gasteiger partial charge in [-0.05, 0) is 45.6 Å². The maximum atomic E-state index is 12.4. The smallest absolute Gasteiger partial charge is 0.260 e. The summed E-state index contributed by atoms with van der Waals surface area (Å²) in [6.45, 7) is 6.88. The highest BCUT2D eigenvalue weighted by atomic mass is 32.2. The van der Waals surface area contributed by atoms with Gasteiger partial charge in [0.25, 0.3) is 5.56 Å². The molecule has 0 saturated carbocycles. The molecule has 3 rings (SSSR count). The Hall–Kier alpha value is -1.34. The fourth-order valence-electron chi connectivity index (χ4n) is 2.98. The number of H-pyrrole nitrogens is 1. The maximum Gasteiger partial charge on any atom is 0.260 e. The predicted octanol–water partition coefficient (Wildman–Crippen LogP) is 3.09. The van der Waals surface area contributed by atoms with Crippen molar-refractivity contribution in [2.45, 2.75) is 51.2 Å². The van der Waals surface area contributed by atoms with Crippen LogP contribution in [0.3, 0.4) is 0 Å². The molecule has 3 heterocycles. The van der Waals surface area contributed by atoms with Crippen LogP contribution in [0.1, 0.15) is 36.6 Å². The Labute approximate surface area is 143 Å². The molecule has 2 aromatic rings. The first-order chi connectivity index (χ1) is 11.0. The Balaban J connectivity index is 1.74. The Morgan fingerprint density at radius 2 is 2.22 bits per heavy atom. The van der Waals surface area contributed by atoms with Crippen LogP contribution in [0.2, 0.25) is 0 Å². The second-order valence-electron chi connectivity index (χ2n) is 6.06. The number of hydrogen-bond acceptors (Lipinski definition) is 5. The lowest BCUT2D eigenvalue weighted by Crippen LogP contribution is -2.43. The average Bonchev–Trinajstić information content (AvgIpc) is 2.80. The molecule has 0 spiro atoms. The molecule has 1 atom stereocenters. The van der Waals surface area contributed by atoms with E-state index in [0.29, 0.717) is 22.3 Å². The van der Waals surface area contributed by atoms with Gasteiger partial charge in [-0.3, -0.25) is 9.59 Å². The van der Waals surface area contributed by atoms with Gasteiger partial charge in [0.1, 0.15) is 4.83 Å². The number of nitrogens with one attached hydrogen (secondary N) is 1. The van der Waals surface area contributed by atoms with Gasteiger partial charge in [0.2, 0.25) is 5.91 Å². The Bertz CT molecular complexity index is 796. The number of rotatable bonds is 3. The molecule has 1 aliphatic heterocycles. The maximum absolute atomic E-state index is 12.4. The van der Waals surface area contributed by atoms with Gasteiger partial charge in [-0.15, -0.1) is 11.3 Å². The van der Waals surface area contributed by atoms with E-state index in [9.17, 15) is 9.59 Å². The van der Waals surface area contributed by atoms with E-state index in [1.54, 1.807) is 0 Å². The van der Waals surface area contributed by atoms with Gasteiger partial charge in [-0.2, -0.15) is 0 Å². The minimum absolute atomic E-state index is 0.113. The minimum Gasteiger partial charge on any atom is -0.339 e. The Morgan fingerprint density at radius 1 is 1.43 bits per heavy atom. The Kier molecular flexibility index (Phi) is 4.77. The third-order valence-electron chi connectivity index (χ3n) is 4.47. The fraction of sp³-hybridized carbons (Fsp3) is 0.562. The molecule has 124 valence electrons. The normalized spacial score (nSPS) is 18.6. The topological polar surface area (TPSA) is 66.1 Å². The molecule has 1 amide bonds. The summed E-state index contributed by atoms with van der Waals surface area (Å²) in [5.41, 5.74) is 0.881. The van der Waals surface area contributed by atoms with E-state index < -0.39 is 0 Å². The second-order valence-corrected chi connectivity index (χ2v) is 8.22. The van der Waals surface area contributed by atoms with E-state index in [4.69, 9.17) is 0 Å². The summed E-state index contributed by atoms with van der Waals surface area (Å²) < 4.78 is 0. The second kappa shape index (κ2) is 6.65. The van der Waals surface area contributed by atoms with E-state index in [-0.39, 0.29) is 11.5 Å². The molecule has 0 bridgehead atoms. The predicted molar refractivity (Wildman–Crippen MR) is 95.5 cm³/mol. The van der Waals surface area contributed by atoms with Crippen molar-refractivity contribution in [2.24, 2.45) is 0 Å². The van der Waals surface area contributed by atoms with Crippen molar-refractivity contribution in [3.63, 3.8) is 0 Å².